The maximum absolute atomic E-state index is 14.1. The Morgan fingerprint density at radius 3 is 2.48 bits per heavy atom. The van der Waals surface area contributed by atoms with E-state index in [0.717, 1.165) is 32.1 Å². The molecule has 5 rings (SSSR count). The average Bonchev–Trinajstić information content (AvgIpc) is 2.85. The van der Waals surface area contributed by atoms with Gasteiger partial charge in [-0.15, -0.1) is 0 Å². The third-order valence-electron chi connectivity index (χ3n) is 5.85. The van der Waals surface area contributed by atoms with E-state index in [9.17, 15) is 17.6 Å². The van der Waals surface area contributed by atoms with Gasteiger partial charge in [0.05, 0.1) is 0 Å². The number of hydrogen-bond acceptors (Lipinski definition) is 3. The summed E-state index contributed by atoms with van der Waals surface area (Å²) < 4.78 is 41.5. The number of carbonyl (C=O) groups is 1. The highest BCUT2D eigenvalue weighted by Crippen LogP contribution is 2.35. The molecule has 0 radical (unpaired) electrons. The molecule has 1 aliphatic carbocycles. The fourth-order valence-corrected chi connectivity index (χ4v) is 6.00. The number of halogens is 1. The fraction of sp³-hybridized carbons (Fsp3) is 0.611. The molecular formula is C18H23FN2O3S. The Labute approximate surface area is 147 Å². The number of fused-ring (bicyclic) bond motifs is 4. The van der Waals surface area contributed by atoms with Crippen molar-refractivity contribution in [1.29, 1.82) is 0 Å². The SMILES string of the molecule is O=C(C1CCC1)N1C[C@H]2CC[C@@H](C1)N(S(=O)(=O)c1ccccc1F)C2. The van der Waals surface area contributed by atoms with Gasteiger partial charge >= 0.3 is 0 Å². The van der Waals surface area contributed by atoms with E-state index < -0.39 is 15.8 Å². The molecule has 1 aromatic carbocycles. The Morgan fingerprint density at radius 2 is 1.80 bits per heavy atom. The molecule has 2 atom stereocenters. The number of piperidine rings is 1. The van der Waals surface area contributed by atoms with Crippen molar-refractivity contribution in [3.8, 4) is 0 Å². The van der Waals surface area contributed by atoms with E-state index in [4.69, 9.17) is 0 Å². The summed E-state index contributed by atoms with van der Waals surface area (Å²) in [6, 6.07) is 5.27. The molecule has 5 nitrogen and oxygen atoms in total. The number of hydrogen-bond donors (Lipinski definition) is 0. The van der Waals surface area contributed by atoms with E-state index in [2.05, 4.69) is 0 Å². The summed E-state index contributed by atoms with van der Waals surface area (Å²) in [4.78, 5) is 14.2. The standard InChI is InChI=1S/C18H23FN2O3S/c19-16-6-1-2-7-17(16)25(23,24)21-11-13-8-9-15(21)12-20(10-13)18(22)14-4-3-5-14/h1-2,6-7,13-15H,3-5,8-12H2/t13-,15+/m1/s1. The third-order valence-corrected chi connectivity index (χ3v) is 7.80. The zero-order chi connectivity index (χ0) is 17.6. The van der Waals surface area contributed by atoms with Gasteiger partial charge in [-0.2, -0.15) is 4.31 Å². The van der Waals surface area contributed by atoms with Crippen LogP contribution < -0.4 is 0 Å². The maximum Gasteiger partial charge on any atom is 0.246 e. The summed E-state index contributed by atoms with van der Waals surface area (Å²) in [7, 11) is -3.89. The van der Waals surface area contributed by atoms with Crippen molar-refractivity contribution in [2.45, 2.75) is 43.0 Å². The van der Waals surface area contributed by atoms with Crippen molar-refractivity contribution in [3.05, 3.63) is 30.1 Å². The van der Waals surface area contributed by atoms with Crippen LogP contribution in [0.2, 0.25) is 0 Å². The quantitative estimate of drug-likeness (QED) is 0.824. The first-order chi connectivity index (χ1) is 12.0. The second-order valence-corrected chi connectivity index (χ2v) is 9.33. The van der Waals surface area contributed by atoms with Crippen molar-refractivity contribution in [1.82, 2.24) is 9.21 Å². The molecule has 25 heavy (non-hydrogen) atoms. The first-order valence-electron chi connectivity index (χ1n) is 9.02. The van der Waals surface area contributed by atoms with Crippen molar-refractivity contribution >= 4 is 15.9 Å². The van der Waals surface area contributed by atoms with Crippen LogP contribution >= 0.6 is 0 Å². The van der Waals surface area contributed by atoms with Crippen LogP contribution in [0.15, 0.2) is 29.2 Å². The van der Waals surface area contributed by atoms with Gasteiger partial charge < -0.3 is 4.90 Å². The van der Waals surface area contributed by atoms with E-state index in [1.807, 2.05) is 4.90 Å². The Bertz CT molecular complexity index is 778. The minimum Gasteiger partial charge on any atom is -0.341 e. The van der Waals surface area contributed by atoms with E-state index in [1.54, 1.807) is 6.07 Å². The molecule has 0 aromatic heterocycles. The second-order valence-electron chi connectivity index (χ2n) is 7.47. The number of nitrogens with zero attached hydrogens (tertiary/aromatic N) is 2. The molecule has 136 valence electrons. The summed E-state index contributed by atoms with van der Waals surface area (Å²) in [5.74, 6) is -0.295. The van der Waals surface area contributed by atoms with Crippen molar-refractivity contribution in [2.75, 3.05) is 19.6 Å². The van der Waals surface area contributed by atoms with Crippen LogP contribution in [0.4, 0.5) is 4.39 Å². The van der Waals surface area contributed by atoms with Gasteiger partial charge in [-0.1, -0.05) is 18.6 Å². The Morgan fingerprint density at radius 1 is 1.04 bits per heavy atom. The lowest BCUT2D eigenvalue weighted by Gasteiger charge is -2.35. The number of rotatable bonds is 3. The molecule has 0 N–H and O–H groups in total. The third kappa shape index (κ3) is 2.97. The van der Waals surface area contributed by atoms with Gasteiger partial charge in [0.25, 0.3) is 0 Å². The number of sulfonamides is 1. The minimum atomic E-state index is -3.89. The summed E-state index contributed by atoms with van der Waals surface area (Å²) in [5.41, 5.74) is 0. The van der Waals surface area contributed by atoms with Gasteiger partial charge in [0.15, 0.2) is 0 Å². The zero-order valence-electron chi connectivity index (χ0n) is 14.1. The molecule has 1 saturated carbocycles. The number of amides is 1. The van der Waals surface area contributed by atoms with Crippen LogP contribution in [-0.2, 0) is 14.8 Å². The molecular weight excluding hydrogens is 343 g/mol. The van der Waals surface area contributed by atoms with Gasteiger partial charge in [-0.25, -0.2) is 12.8 Å². The van der Waals surface area contributed by atoms with Crippen LogP contribution in [0.3, 0.4) is 0 Å². The molecule has 3 aliphatic heterocycles. The summed E-state index contributed by atoms with van der Waals surface area (Å²) in [6.07, 6.45) is 4.64. The molecule has 4 aliphatic rings. The fourth-order valence-electron chi connectivity index (χ4n) is 4.21. The van der Waals surface area contributed by atoms with Crippen molar-refractivity contribution in [3.63, 3.8) is 0 Å². The molecule has 3 heterocycles. The first-order valence-corrected chi connectivity index (χ1v) is 10.5. The highest BCUT2D eigenvalue weighted by molar-refractivity contribution is 7.89. The summed E-state index contributed by atoms with van der Waals surface area (Å²) in [6.45, 7) is 1.42. The van der Waals surface area contributed by atoms with E-state index in [1.165, 1.54) is 22.5 Å². The number of carbonyl (C=O) groups excluding carboxylic acids is 1. The van der Waals surface area contributed by atoms with Gasteiger partial charge in [0, 0.05) is 31.6 Å². The monoisotopic (exact) mass is 366 g/mol. The molecule has 3 saturated heterocycles. The lowest BCUT2D eigenvalue weighted by atomic mass is 9.84. The topological polar surface area (TPSA) is 57.7 Å². The van der Waals surface area contributed by atoms with E-state index >= 15 is 0 Å². The highest BCUT2D eigenvalue weighted by Gasteiger charge is 2.44. The van der Waals surface area contributed by atoms with Crippen LogP contribution in [0.1, 0.15) is 32.1 Å². The van der Waals surface area contributed by atoms with Gasteiger partial charge in [0.1, 0.15) is 10.7 Å². The average molecular weight is 366 g/mol. The van der Waals surface area contributed by atoms with Crippen LogP contribution in [0.25, 0.3) is 0 Å². The summed E-state index contributed by atoms with van der Waals surface area (Å²) >= 11 is 0. The van der Waals surface area contributed by atoms with Crippen molar-refractivity contribution < 1.29 is 17.6 Å². The second kappa shape index (κ2) is 6.36. The molecule has 0 spiro atoms. The van der Waals surface area contributed by atoms with E-state index in [-0.39, 0.29) is 28.7 Å². The molecule has 0 unspecified atom stereocenters. The minimum absolute atomic E-state index is 0.120. The van der Waals surface area contributed by atoms with Crippen LogP contribution in [-0.4, -0.2) is 49.2 Å². The predicted molar refractivity (Wildman–Crippen MR) is 90.7 cm³/mol. The lowest BCUT2D eigenvalue weighted by Crippen LogP contribution is -2.48. The zero-order valence-corrected chi connectivity index (χ0v) is 14.9. The number of benzene rings is 1. The molecule has 1 aromatic rings. The predicted octanol–water partition coefficient (Wildman–Crippen LogP) is 2.24. The van der Waals surface area contributed by atoms with Crippen LogP contribution in [0.5, 0.6) is 0 Å². The van der Waals surface area contributed by atoms with Crippen molar-refractivity contribution in [2.24, 2.45) is 11.8 Å². The van der Waals surface area contributed by atoms with Gasteiger partial charge in [-0.05, 0) is 43.7 Å². The largest absolute Gasteiger partial charge is 0.341 e. The molecule has 1 amide bonds. The van der Waals surface area contributed by atoms with Gasteiger partial charge in [-0.3, -0.25) is 4.79 Å². The van der Waals surface area contributed by atoms with E-state index in [0.29, 0.717) is 19.6 Å². The van der Waals surface area contributed by atoms with Crippen LogP contribution in [0, 0.1) is 17.7 Å². The molecule has 4 fully saturated rings. The highest BCUT2D eigenvalue weighted by atomic mass is 32.2. The summed E-state index contributed by atoms with van der Waals surface area (Å²) in [5, 5.41) is 0. The normalized spacial score (nSPS) is 27.8. The Kier molecular flexibility index (Phi) is 4.32. The molecule has 2 bridgehead atoms. The van der Waals surface area contributed by atoms with Gasteiger partial charge in [0.2, 0.25) is 15.9 Å². The lowest BCUT2D eigenvalue weighted by molar-refractivity contribution is -0.138. The Hall–Kier alpha value is -1.47. The smallest absolute Gasteiger partial charge is 0.246 e. The first kappa shape index (κ1) is 17.0. The Balaban J connectivity index is 1.60. The maximum atomic E-state index is 14.1. The molecule has 7 heteroatoms.